The molecule has 0 spiro atoms. The molecule has 2 amide bonds. The lowest BCUT2D eigenvalue weighted by atomic mass is 10.2. The Morgan fingerprint density at radius 3 is 2.50 bits per heavy atom. The van der Waals surface area contributed by atoms with Crippen LogP contribution in [0.25, 0.3) is 6.08 Å². The fourth-order valence-electron chi connectivity index (χ4n) is 3.44. The first-order chi connectivity index (χ1) is 15.6. The van der Waals surface area contributed by atoms with E-state index in [9.17, 15) is 9.59 Å². The molecule has 3 aliphatic heterocycles. The molecule has 0 atom stereocenters. The normalized spacial score (nSPS) is 17.4. The first kappa shape index (κ1) is 20.7. The van der Waals surface area contributed by atoms with Crippen molar-refractivity contribution in [1.29, 1.82) is 0 Å². The number of amides is 2. The van der Waals surface area contributed by atoms with Crippen molar-refractivity contribution < 1.29 is 28.5 Å². The molecule has 0 bridgehead atoms. The minimum Gasteiger partial charge on any atom is -0.454 e. The van der Waals surface area contributed by atoms with Crippen molar-refractivity contribution in [3.63, 3.8) is 0 Å². The van der Waals surface area contributed by atoms with E-state index < -0.39 is 0 Å². The number of benzene rings is 2. The summed E-state index contributed by atoms with van der Waals surface area (Å²) in [5.41, 5.74) is 1.47. The van der Waals surface area contributed by atoms with Crippen LogP contribution >= 0.6 is 24.0 Å². The van der Waals surface area contributed by atoms with Gasteiger partial charge in [-0.15, -0.1) is 0 Å². The molecule has 1 fully saturated rings. The van der Waals surface area contributed by atoms with Crippen LogP contribution in [0.5, 0.6) is 23.0 Å². The Hall–Kier alpha value is -3.24. The van der Waals surface area contributed by atoms with Gasteiger partial charge in [-0.1, -0.05) is 30.0 Å². The van der Waals surface area contributed by atoms with Gasteiger partial charge >= 0.3 is 0 Å². The molecule has 0 aromatic heterocycles. The second-order valence-electron chi connectivity index (χ2n) is 7.17. The number of ether oxygens (including phenoxy) is 4. The summed E-state index contributed by atoms with van der Waals surface area (Å²) in [6.07, 6.45) is 2.53. The van der Waals surface area contributed by atoms with Gasteiger partial charge in [-0.05, 0) is 42.3 Å². The fraction of sp³-hybridized carbons (Fsp3) is 0.227. The third-order valence-corrected chi connectivity index (χ3v) is 6.39. The van der Waals surface area contributed by atoms with Crippen molar-refractivity contribution in [2.75, 3.05) is 25.4 Å². The third kappa shape index (κ3) is 4.23. The second-order valence-corrected chi connectivity index (χ2v) is 8.84. The van der Waals surface area contributed by atoms with E-state index in [1.54, 1.807) is 24.3 Å². The maximum Gasteiger partial charge on any atom is 0.266 e. The molecule has 8 nitrogen and oxygen atoms in total. The Balaban J connectivity index is 1.15. The highest BCUT2D eigenvalue weighted by molar-refractivity contribution is 8.26. The molecule has 0 saturated carbocycles. The number of nitrogens with one attached hydrogen (secondary N) is 1. The molecule has 2 aromatic carbocycles. The van der Waals surface area contributed by atoms with E-state index in [4.69, 9.17) is 31.2 Å². The highest BCUT2D eigenvalue weighted by Gasteiger charge is 2.31. The number of fused-ring (bicyclic) bond motifs is 2. The number of rotatable bonds is 6. The van der Waals surface area contributed by atoms with Crippen molar-refractivity contribution in [2.45, 2.75) is 12.8 Å². The Bertz CT molecular complexity index is 1150. The number of carbonyl (C=O) groups is 2. The third-order valence-electron chi connectivity index (χ3n) is 5.01. The van der Waals surface area contributed by atoms with Crippen molar-refractivity contribution >= 4 is 51.9 Å². The first-order valence-corrected chi connectivity index (χ1v) is 11.1. The molecule has 2 aromatic rings. The summed E-state index contributed by atoms with van der Waals surface area (Å²) < 4.78 is 21.8. The highest BCUT2D eigenvalue weighted by Crippen LogP contribution is 2.37. The van der Waals surface area contributed by atoms with E-state index >= 15 is 0 Å². The number of hydrogen-bond acceptors (Lipinski definition) is 8. The molecule has 1 saturated heterocycles. The van der Waals surface area contributed by atoms with Crippen LogP contribution in [0, 0.1) is 0 Å². The number of anilines is 1. The molecule has 10 heteroatoms. The topological polar surface area (TPSA) is 86.3 Å². The molecule has 0 aliphatic carbocycles. The zero-order chi connectivity index (χ0) is 22.1. The zero-order valence-corrected chi connectivity index (χ0v) is 18.4. The lowest BCUT2D eigenvalue weighted by Gasteiger charge is -2.14. The summed E-state index contributed by atoms with van der Waals surface area (Å²) in [6, 6.07) is 10.7. The SMILES string of the molecule is O=C(CCCN1C(=O)/C(=C\c2ccc3c(c2)OCO3)SC1=S)Nc1ccc2c(c1)OCO2. The highest BCUT2D eigenvalue weighted by atomic mass is 32.2. The lowest BCUT2D eigenvalue weighted by Crippen LogP contribution is -2.29. The van der Waals surface area contributed by atoms with Crippen LogP contribution in [-0.2, 0) is 9.59 Å². The van der Waals surface area contributed by atoms with Gasteiger partial charge in [0.25, 0.3) is 5.91 Å². The van der Waals surface area contributed by atoms with Crippen LogP contribution < -0.4 is 24.3 Å². The average molecular weight is 471 g/mol. The van der Waals surface area contributed by atoms with E-state index in [0.29, 0.717) is 50.9 Å². The first-order valence-electron chi connectivity index (χ1n) is 9.91. The molecule has 0 unspecified atom stereocenters. The second kappa shape index (κ2) is 8.71. The average Bonchev–Trinajstić information content (AvgIpc) is 3.49. The lowest BCUT2D eigenvalue weighted by molar-refractivity contribution is -0.122. The monoisotopic (exact) mass is 470 g/mol. The predicted octanol–water partition coefficient (Wildman–Crippen LogP) is 3.76. The largest absolute Gasteiger partial charge is 0.454 e. The number of thioether (sulfide) groups is 1. The molecule has 3 heterocycles. The summed E-state index contributed by atoms with van der Waals surface area (Å²) in [4.78, 5) is 27.2. The summed E-state index contributed by atoms with van der Waals surface area (Å²) >= 11 is 6.63. The van der Waals surface area contributed by atoms with Gasteiger partial charge in [0, 0.05) is 24.7 Å². The Labute approximate surface area is 193 Å². The molecular formula is C22H18N2O6S2. The van der Waals surface area contributed by atoms with Crippen LogP contribution in [0.15, 0.2) is 41.3 Å². The standard InChI is InChI=1S/C22H18N2O6S2/c25-20(23-14-4-6-16-18(10-14)30-12-28-16)2-1-7-24-21(26)19(32-22(24)31)9-13-3-5-15-17(8-13)29-11-27-15/h3-6,8-10H,1-2,7,11-12H2,(H,23,25)/b19-9+. The van der Waals surface area contributed by atoms with Gasteiger partial charge in [-0.25, -0.2) is 0 Å². The Morgan fingerprint density at radius 2 is 1.72 bits per heavy atom. The summed E-state index contributed by atoms with van der Waals surface area (Å²) in [7, 11) is 0. The molecule has 1 N–H and O–H groups in total. The van der Waals surface area contributed by atoms with Crippen LogP contribution in [0.4, 0.5) is 5.69 Å². The molecular weight excluding hydrogens is 452 g/mol. The molecule has 32 heavy (non-hydrogen) atoms. The van der Waals surface area contributed by atoms with Crippen LogP contribution in [0.1, 0.15) is 18.4 Å². The van der Waals surface area contributed by atoms with Crippen LogP contribution in [0.3, 0.4) is 0 Å². The van der Waals surface area contributed by atoms with E-state index in [0.717, 1.165) is 5.56 Å². The number of hydrogen-bond donors (Lipinski definition) is 1. The van der Waals surface area contributed by atoms with E-state index in [-0.39, 0.29) is 31.8 Å². The minimum absolute atomic E-state index is 0.148. The summed E-state index contributed by atoms with van der Waals surface area (Å²) in [5, 5.41) is 2.83. The van der Waals surface area contributed by atoms with Gasteiger partial charge in [0.1, 0.15) is 4.32 Å². The maximum atomic E-state index is 12.8. The Morgan fingerprint density at radius 1 is 1.03 bits per heavy atom. The molecule has 5 rings (SSSR count). The molecule has 164 valence electrons. The van der Waals surface area contributed by atoms with E-state index in [2.05, 4.69) is 5.32 Å². The maximum absolute atomic E-state index is 12.8. The fourth-order valence-corrected chi connectivity index (χ4v) is 4.75. The van der Waals surface area contributed by atoms with Crippen molar-refractivity contribution in [3.8, 4) is 23.0 Å². The van der Waals surface area contributed by atoms with Gasteiger partial charge < -0.3 is 24.3 Å². The van der Waals surface area contributed by atoms with Gasteiger partial charge in [-0.2, -0.15) is 0 Å². The predicted molar refractivity (Wildman–Crippen MR) is 123 cm³/mol. The van der Waals surface area contributed by atoms with Crippen molar-refractivity contribution in [1.82, 2.24) is 4.90 Å². The van der Waals surface area contributed by atoms with Crippen molar-refractivity contribution in [3.05, 3.63) is 46.9 Å². The number of thiocarbonyl (C=S) groups is 1. The quantitative estimate of drug-likeness (QED) is 0.505. The summed E-state index contributed by atoms with van der Waals surface area (Å²) in [5.74, 6) is 2.30. The van der Waals surface area contributed by atoms with Crippen LogP contribution in [-0.4, -0.2) is 41.2 Å². The Kier molecular flexibility index (Phi) is 5.62. The molecule has 3 aliphatic rings. The minimum atomic E-state index is -0.158. The van der Waals surface area contributed by atoms with Gasteiger partial charge in [0.05, 0.1) is 4.91 Å². The smallest absolute Gasteiger partial charge is 0.266 e. The van der Waals surface area contributed by atoms with Gasteiger partial charge in [0.15, 0.2) is 23.0 Å². The van der Waals surface area contributed by atoms with E-state index in [1.165, 1.54) is 16.7 Å². The van der Waals surface area contributed by atoms with E-state index in [1.807, 2.05) is 18.2 Å². The number of carbonyl (C=O) groups excluding carboxylic acids is 2. The number of nitrogens with zero attached hydrogens (tertiary/aromatic N) is 1. The van der Waals surface area contributed by atoms with Crippen LogP contribution in [0.2, 0.25) is 0 Å². The van der Waals surface area contributed by atoms with Crippen molar-refractivity contribution in [2.24, 2.45) is 0 Å². The molecule has 0 radical (unpaired) electrons. The summed E-state index contributed by atoms with van der Waals surface area (Å²) in [6.45, 7) is 0.750. The van der Waals surface area contributed by atoms with Gasteiger partial charge in [0.2, 0.25) is 19.5 Å². The zero-order valence-electron chi connectivity index (χ0n) is 16.8. The van der Waals surface area contributed by atoms with Gasteiger partial charge in [-0.3, -0.25) is 14.5 Å².